The zero-order valence-corrected chi connectivity index (χ0v) is 18.8. The minimum atomic E-state index is -3.99. The van der Waals surface area contributed by atoms with Crippen LogP contribution < -0.4 is 14.8 Å². The van der Waals surface area contributed by atoms with E-state index in [4.69, 9.17) is 10.5 Å². The van der Waals surface area contributed by atoms with Gasteiger partial charge in [0.2, 0.25) is 5.91 Å². The number of carbonyl (C=O) groups is 2. The monoisotopic (exact) mass is 457 g/mol. The van der Waals surface area contributed by atoms with Gasteiger partial charge >= 0.3 is 0 Å². The fraction of sp³-hybridized carbons (Fsp3) is 0.391. The number of methoxy groups -OCH3 is 1. The molecule has 4 rings (SSSR count). The summed E-state index contributed by atoms with van der Waals surface area (Å²) in [5.41, 5.74) is 7.29. The number of amides is 2. The van der Waals surface area contributed by atoms with Crippen LogP contribution in [0.5, 0.6) is 5.75 Å². The number of aryl methyl sites for hydroxylation is 1. The van der Waals surface area contributed by atoms with Crippen molar-refractivity contribution in [2.75, 3.05) is 24.5 Å². The number of nitrogens with two attached hydrogens (primary N) is 1. The number of primary amides is 1. The maximum absolute atomic E-state index is 13.7. The van der Waals surface area contributed by atoms with Gasteiger partial charge in [0.05, 0.1) is 12.8 Å². The topological polar surface area (TPSA) is 110 Å². The lowest BCUT2D eigenvalue weighted by Crippen LogP contribution is -2.50. The largest absolute Gasteiger partial charge is 0.495 e. The Balaban J connectivity index is 1.75. The molecule has 2 aliphatic rings. The van der Waals surface area contributed by atoms with Crippen molar-refractivity contribution < 1.29 is 22.7 Å². The van der Waals surface area contributed by atoms with Gasteiger partial charge in [-0.2, -0.15) is 0 Å². The molecule has 0 radical (unpaired) electrons. The smallest absolute Gasteiger partial charge is 0.268 e. The predicted octanol–water partition coefficient (Wildman–Crippen LogP) is 2.32. The van der Waals surface area contributed by atoms with Crippen molar-refractivity contribution in [2.24, 2.45) is 5.73 Å². The van der Waals surface area contributed by atoms with Crippen molar-refractivity contribution in [3.05, 3.63) is 53.6 Å². The first-order chi connectivity index (χ1) is 15.3. The molecule has 2 heterocycles. The molecule has 2 aromatic rings. The molecule has 0 aromatic heterocycles. The zero-order chi connectivity index (χ0) is 22.9. The number of rotatable bonds is 5. The Kier molecular flexibility index (Phi) is 6.10. The summed E-state index contributed by atoms with van der Waals surface area (Å²) in [5, 5.41) is 0. The molecule has 2 amide bonds. The lowest BCUT2D eigenvalue weighted by atomic mass is 10.0. The van der Waals surface area contributed by atoms with Crippen LogP contribution >= 0.6 is 0 Å². The third-order valence-corrected chi connectivity index (χ3v) is 7.97. The van der Waals surface area contributed by atoms with E-state index < -0.39 is 27.9 Å². The van der Waals surface area contributed by atoms with Gasteiger partial charge in [0.25, 0.3) is 15.9 Å². The van der Waals surface area contributed by atoms with Crippen molar-refractivity contribution in [1.29, 1.82) is 0 Å². The summed E-state index contributed by atoms with van der Waals surface area (Å²) < 4.78 is 34.1. The second-order valence-electron chi connectivity index (χ2n) is 8.09. The second-order valence-corrected chi connectivity index (χ2v) is 9.92. The van der Waals surface area contributed by atoms with Crippen LogP contribution in [0, 0.1) is 0 Å². The Bertz CT molecular complexity index is 1150. The highest BCUT2D eigenvalue weighted by Crippen LogP contribution is 2.35. The van der Waals surface area contributed by atoms with Gasteiger partial charge in [0, 0.05) is 18.7 Å². The Morgan fingerprint density at radius 2 is 1.84 bits per heavy atom. The number of fused-ring (bicyclic) bond motifs is 1. The van der Waals surface area contributed by atoms with Crippen LogP contribution in [0.1, 0.15) is 41.6 Å². The number of ether oxygens (including phenoxy) is 1. The molecule has 9 heteroatoms. The predicted molar refractivity (Wildman–Crippen MR) is 120 cm³/mol. The molecule has 0 bridgehead atoms. The van der Waals surface area contributed by atoms with E-state index in [0.29, 0.717) is 31.6 Å². The van der Waals surface area contributed by atoms with Crippen LogP contribution in [-0.2, 0) is 21.2 Å². The van der Waals surface area contributed by atoms with Crippen molar-refractivity contribution in [3.63, 3.8) is 0 Å². The Hall–Kier alpha value is -3.07. The quantitative estimate of drug-likeness (QED) is 0.741. The van der Waals surface area contributed by atoms with Crippen molar-refractivity contribution in [1.82, 2.24) is 4.90 Å². The summed E-state index contributed by atoms with van der Waals surface area (Å²) >= 11 is 0. The standard InChI is InChI=1S/C23H27N3O5S/c1-31-20-12-11-17(23(28)25-13-5-4-10-19(25)22(24)27)15-21(20)32(29,30)26-14-6-8-16-7-2-3-9-18(16)26/h2-3,7,9,11-12,15,19H,4-6,8,10,13-14H2,1H3,(H2,24,27). The normalized spacial score (nSPS) is 18.7. The number of piperidine rings is 1. The lowest BCUT2D eigenvalue weighted by molar-refractivity contribution is -0.123. The third kappa shape index (κ3) is 3.92. The summed E-state index contributed by atoms with van der Waals surface area (Å²) in [4.78, 5) is 26.5. The average molecular weight is 458 g/mol. The zero-order valence-electron chi connectivity index (χ0n) is 18.0. The van der Waals surface area contributed by atoms with Gasteiger partial charge in [0.1, 0.15) is 16.7 Å². The molecular formula is C23H27N3O5S. The number of hydrogen-bond acceptors (Lipinski definition) is 5. The number of nitrogens with zero attached hydrogens (tertiary/aromatic N) is 2. The molecular weight excluding hydrogens is 430 g/mol. The number of para-hydroxylation sites is 1. The lowest BCUT2D eigenvalue weighted by Gasteiger charge is -2.34. The molecule has 1 atom stereocenters. The second kappa shape index (κ2) is 8.82. The molecule has 1 fully saturated rings. The van der Waals surface area contributed by atoms with E-state index in [1.165, 1.54) is 34.5 Å². The Labute approximate surface area is 188 Å². The average Bonchev–Trinajstić information content (AvgIpc) is 2.82. The van der Waals surface area contributed by atoms with Gasteiger partial charge in [-0.25, -0.2) is 8.42 Å². The molecule has 170 valence electrons. The Morgan fingerprint density at radius 3 is 2.59 bits per heavy atom. The fourth-order valence-electron chi connectivity index (χ4n) is 4.52. The first-order valence-corrected chi connectivity index (χ1v) is 12.2. The van der Waals surface area contributed by atoms with Gasteiger partial charge < -0.3 is 15.4 Å². The van der Waals surface area contributed by atoms with Crippen molar-refractivity contribution >= 4 is 27.5 Å². The number of carbonyl (C=O) groups excluding carboxylic acids is 2. The number of sulfonamides is 1. The van der Waals surface area contributed by atoms with E-state index >= 15 is 0 Å². The highest BCUT2D eigenvalue weighted by molar-refractivity contribution is 7.93. The third-order valence-electron chi connectivity index (χ3n) is 6.14. The molecule has 2 aliphatic heterocycles. The van der Waals surface area contributed by atoms with E-state index in [0.717, 1.165) is 24.8 Å². The van der Waals surface area contributed by atoms with Gasteiger partial charge in [-0.1, -0.05) is 18.2 Å². The van der Waals surface area contributed by atoms with Crippen LogP contribution in [0.3, 0.4) is 0 Å². The van der Waals surface area contributed by atoms with Gasteiger partial charge in [-0.3, -0.25) is 13.9 Å². The highest BCUT2D eigenvalue weighted by atomic mass is 32.2. The molecule has 8 nitrogen and oxygen atoms in total. The van der Waals surface area contributed by atoms with Crippen LogP contribution in [0.25, 0.3) is 0 Å². The van der Waals surface area contributed by atoms with E-state index in [1.54, 1.807) is 6.07 Å². The molecule has 2 N–H and O–H groups in total. The molecule has 0 spiro atoms. The Morgan fingerprint density at radius 1 is 1.06 bits per heavy atom. The van der Waals surface area contributed by atoms with E-state index in [2.05, 4.69) is 0 Å². The molecule has 0 aliphatic carbocycles. The van der Waals surface area contributed by atoms with Crippen LogP contribution in [0.2, 0.25) is 0 Å². The number of hydrogen-bond donors (Lipinski definition) is 1. The number of likely N-dealkylation sites (tertiary alicyclic amines) is 1. The summed E-state index contributed by atoms with van der Waals surface area (Å²) in [6.07, 6.45) is 3.59. The fourth-order valence-corrected chi connectivity index (χ4v) is 6.24. The summed E-state index contributed by atoms with van der Waals surface area (Å²) in [7, 11) is -2.59. The maximum atomic E-state index is 13.7. The maximum Gasteiger partial charge on any atom is 0.268 e. The SMILES string of the molecule is COc1ccc(C(=O)N2CCCCC2C(N)=O)cc1S(=O)(=O)N1CCCc2ccccc21. The summed E-state index contributed by atoms with van der Waals surface area (Å²) in [6, 6.07) is 11.1. The van der Waals surface area contributed by atoms with Gasteiger partial charge in [-0.05, 0) is 61.9 Å². The van der Waals surface area contributed by atoms with Crippen LogP contribution in [0.4, 0.5) is 5.69 Å². The van der Waals surface area contributed by atoms with E-state index in [-0.39, 0.29) is 16.2 Å². The first kappa shape index (κ1) is 22.1. The van der Waals surface area contributed by atoms with Gasteiger partial charge in [0.15, 0.2) is 0 Å². The highest BCUT2D eigenvalue weighted by Gasteiger charge is 2.34. The van der Waals surface area contributed by atoms with Crippen molar-refractivity contribution in [2.45, 2.75) is 43.0 Å². The first-order valence-electron chi connectivity index (χ1n) is 10.7. The van der Waals surface area contributed by atoms with E-state index in [9.17, 15) is 18.0 Å². The van der Waals surface area contributed by atoms with Crippen molar-refractivity contribution in [3.8, 4) is 5.75 Å². The summed E-state index contributed by atoms with van der Waals surface area (Å²) in [6.45, 7) is 0.747. The molecule has 1 unspecified atom stereocenters. The minimum Gasteiger partial charge on any atom is -0.495 e. The van der Waals surface area contributed by atoms with Crippen LogP contribution in [0.15, 0.2) is 47.4 Å². The number of benzene rings is 2. The van der Waals surface area contributed by atoms with Gasteiger partial charge in [-0.15, -0.1) is 0 Å². The van der Waals surface area contributed by atoms with E-state index in [1.807, 2.05) is 18.2 Å². The molecule has 32 heavy (non-hydrogen) atoms. The molecule has 2 aromatic carbocycles. The van der Waals surface area contributed by atoms with Crippen LogP contribution in [-0.4, -0.2) is 51.4 Å². The summed E-state index contributed by atoms with van der Waals surface area (Å²) in [5.74, 6) is -0.800. The minimum absolute atomic E-state index is 0.0739. The molecule has 0 saturated carbocycles. The molecule has 1 saturated heterocycles. The number of anilines is 1.